The quantitative estimate of drug-likeness (QED) is 0.303. The minimum Gasteiger partial charge on any atom is -0.493 e. The molecule has 0 aliphatic heterocycles. The number of aromatic nitrogens is 2. The molecule has 146 valence electrons. The summed E-state index contributed by atoms with van der Waals surface area (Å²) >= 11 is 0. The van der Waals surface area contributed by atoms with Gasteiger partial charge in [0.25, 0.3) is 5.69 Å². The topological polar surface area (TPSA) is 96.5 Å². The van der Waals surface area contributed by atoms with Gasteiger partial charge in [-0.1, -0.05) is 13.8 Å². The van der Waals surface area contributed by atoms with Gasteiger partial charge in [-0.05, 0) is 37.8 Å². The van der Waals surface area contributed by atoms with Gasteiger partial charge in [0, 0.05) is 18.3 Å². The zero-order valence-electron chi connectivity index (χ0n) is 16.3. The predicted octanol–water partition coefficient (Wildman–Crippen LogP) is 3.61. The lowest BCUT2D eigenvalue weighted by atomic mass is 10.1. The molecule has 1 aromatic carbocycles. The van der Waals surface area contributed by atoms with Gasteiger partial charge in [-0.2, -0.15) is 5.10 Å². The van der Waals surface area contributed by atoms with E-state index in [0.29, 0.717) is 12.3 Å². The third-order valence-electron chi connectivity index (χ3n) is 4.23. The minimum atomic E-state index is -0.549. The van der Waals surface area contributed by atoms with Crippen LogP contribution >= 0.6 is 0 Å². The highest BCUT2D eigenvalue weighted by Gasteiger charge is 2.18. The molecular weight excluding hydrogens is 350 g/mol. The SMILES string of the molecule is COc1ccc([N+](=O)[O-])cc1OC(=O)CCc1c(C)nn(CC(C)C)c1C. The number of non-ortho nitro benzene ring substituents is 1. The summed E-state index contributed by atoms with van der Waals surface area (Å²) in [6.45, 7) is 8.99. The second-order valence-corrected chi connectivity index (χ2v) is 6.79. The van der Waals surface area contributed by atoms with E-state index in [-0.39, 0.29) is 23.6 Å². The summed E-state index contributed by atoms with van der Waals surface area (Å²) in [6, 6.07) is 3.89. The summed E-state index contributed by atoms with van der Waals surface area (Å²) < 4.78 is 12.4. The Morgan fingerprint density at radius 1 is 1.30 bits per heavy atom. The van der Waals surface area contributed by atoms with Gasteiger partial charge in [0.15, 0.2) is 11.5 Å². The second kappa shape index (κ2) is 8.66. The standard InChI is InChI=1S/C19H25N3O5/c1-12(2)11-21-14(4)16(13(3)20-21)7-9-19(23)27-18-10-15(22(24)25)6-8-17(18)26-5/h6,8,10,12H,7,9,11H2,1-5H3. The first-order chi connectivity index (χ1) is 12.7. The maximum atomic E-state index is 12.3. The van der Waals surface area contributed by atoms with Crippen LogP contribution in [-0.2, 0) is 17.8 Å². The smallest absolute Gasteiger partial charge is 0.311 e. The molecule has 0 aliphatic rings. The summed E-state index contributed by atoms with van der Waals surface area (Å²) in [5.74, 6) is 0.304. The number of hydrogen-bond acceptors (Lipinski definition) is 6. The van der Waals surface area contributed by atoms with E-state index in [1.807, 2.05) is 18.5 Å². The molecule has 8 nitrogen and oxygen atoms in total. The van der Waals surface area contributed by atoms with Gasteiger partial charge >= 0.3 is 5.97 Å². The van der Waals surface area contributed by atoms with Crippen molar-refractivity contribution in [2.75, 3.05) is 7.11 Å². The van der Waals surface area contributed by atoms with Crippen LogP contribution in [0.15, 0.2) is 18.2 Å². The Morgan fingerprint density at radius 2 is 2.00 bits per heavy atom. The van der Waals surface area contributed by atoms with Crippen molar-refractivity contribution in [1.82, 2.24) is 9.78 Å². The molecule has 1 heterocycles. The van der Waals surface area contributed by atoms with Gasteiger partial charge in [-0.25, -0.2) is 0 Å². The number of nitro benzene ring substituents is 1. The fourth-order valence-electron chi connectivity index (χ4n) is 2.88. The van der Waals surface area contributed by atoms with Gasteiger partial charge in [-0.15, -0.1) is 0 Å². The van der Waals surface area contributed by atoms with Crippen molar-refractivity contribution in [3.05, 3.63) is 45.3 Å². The molecule has 1 aromatic heterocycles. The van der Waals surface area contributed by atoms with Crippen molar-refractivity contribution < 1.29 is 19.2 Å². The zero-order chi connectivity index (χ0) is 20.1. The minimum absolute atomic E-state index is 0.0423. The van der Waals surface area contributed by atoms with Gasteiger partial charge in [0.05, 0.1) is 30.2 Å². The van der Waals surface area contributed by atoms with Gasteiger partial charge in [-0.3, -0.25) is 19.6 Å². The summed E-state index contributed by atoms with van der Waals surface area (Å²) in [4.78, 5) is 22.6. The summed E-state index contributed by atoms with van der Waals surface area (Å²) in [7, 11) is 1.41. The molecule has 0 bridgehead atoms. The van der Waals surface area contributed by atoms with Crippen molar-refractivity contribution in [2.24, 2.45) is 5.92 Å². The molecule has 8 heteroatoms. The third kappa shape index (κ3) is 5.06. The van der Waals surface area contributed by atoms with Crippen LogP contribution in [0.1, 0.15) is 37.2 Å². The van der Waals surface area contributed by atoms with Crippen LogP contribution in [0.5, 0.6) is 11.5 Å². The Bertz CT molecular complexity index is 842. The van der Waals surface area contributed by atoms with Gasteiger partial charge in [0.2, 0.25) is 0 Å². The highest BCUT2D eigenvalue weighted by molar-refractivity contribution is 5.74. The average Bonchev–Trinajstić information content (AvgIpc) is 2.85. The van der Waals surface area contributed by atoms with Crippen LogP contribution < -0.4 is 9.47 Å². The Balaban J connectivity index is 2.08. The van der Waals surface area contributed by atoms with Crippen molar-refractivity contribution in [3.63, 3.8) is 0 Å². The molecule has 0 N–H and O–H groups in total. The first kappa shape index (κ1) is 20.4. The van der Waals surface area contributed by atoms with Crippen LogP contribution in [0.25, 0.3) is 0 Å². The number of nitro groups is 1. The molecule has 0 spiro atoms. The molecule has 0 unspecified atom stereocenters. The average molecular weight is 375 g/mol. The summed E-state index contributed by atoms with van der Waals surface area (Å²) in [5, 5.41) is 15.5. The molecule has 0 radical (unpaired) electrons. The number of nitrogens with zero attached hydrogens (tertiary/aromatic N) is 3. The Labute approximate surface area is 158 Å². The lowest BCUT2D eigenvalue weighted by Crippen LogP contribution is -2.11. The molecule has 0 fully saturated rings. The Kier molecular flexibility index (Phi) is 6.55. The lowest BCUT2D eigenvalue weighted by Gasteiger charge is -2.09. The van der Waals surface area contributed by atoms with E-state index in [1.54, 1.807) is 0 Å². The molecule has 0 atom stereocenters. The van der Waals surface area contributed by atoms with Gasteiger partial charge < -0.3 is 9.47 Å². The molecule has 27 heavy (non-hydrogen) atoms. The predicted molar refractivity (Wildman–Crippen MR) is 100 cm³/mol. The molecule has 2 rings (SSSR count). The Morgan fingerprint density at radius 3 is 2.59 bits per heavy atom. The van der Waals surface area contributed by atoms with Crippen LogP contribution in [0.4, 0.5) is 5.69 Å². The molecule has 0 saturated carbocycles. The maximum absolute atomic E-state index is 12.3. The van der Waals surface area contributed by atoms with E-state index in [4.69, 9.17) is 9.47 Å². The number of hydrogen-bond donors (Lipinski definition) is 0. The number of esters is 1. The third-order valence-corrected chi connectivity index (χ3v) is 4.23. The first-order valence-electron chi connectivity index (χ1n) is 8.79. The van der Waals surface area contributed by atoms with E-state index in [1.165, 1.54) is 25.3 Å². The number of ether oxygens (including phenoxy) is 2. The number of aryl methyl sites for hydroxylation is 1. The molecular formula is C19H25N3O5. The maximum Gasteiger partial charge on any atom is 0.311 e. The fraction of sp³-hybridized carbons (Fsp3) is 0.474. The lowest BCUT2D eigenvalue weighted by molar-refractivity contribution is -0.384. The van der Waals surface area contributed by atoms with Crippen LogP contribution in [-0.4, -0.2) is 27.8 Å². The zero-order valence-corrected chi connectivity index (χ0v) is 16.3. The van der Waals surface area contributed by atoms with Crippen molar-refractivity contribution >= 4 is 11.7 Å². The highest BCUT2D eigenvalue weighted by Crippen LogP contribution is 2.31. The van der Waals surface area contributed by atoms with Gasteiger partial charge in [0.1, 0.15) is 0 Å². The summed E-state index contributed by atoms with van der Waals surface area (Å²) in [6.07, 6.45) is 0.632. The van der Waals surface area contributed by atoms with E-state index in [9.17, 15) is 14.9 Å². The molecule has 0 aliphatic carbocycles. The van der Waals surface area contributed by atoms with Crippen molar-refractivity contribution in [3.8, 4) is 11.5 Å². The van der Waals surface area contributed by atoms with Crippen LogP contribution in [0, 0.1) is 29.9 Å². The number of benzene rings is 1. The van der Waals surface area contributed by atoms with Crippen LogP contribution in [0.2, 0.25) is 0 Å². The Hall–Kier alpha value is -2.90. The molecule has 2 aromatic rings. The normalized spacial score (nSPS) is 10.9. The van der Waals surface area contributed by atoms with E-state index >= 15 is 0 Å². The van der Waals surface area contributed by atoms with E-state index < -0.39 is 10.9 Å². The van der Waals surface area contributed by atoms with Crippen LogP contribution in [0.3, 0.4) is 0 Å². The number of carbonyl (C=O) groups excluding carboxylic acids is 1. The fourth-order valence-corrected chi connectivity index (χ4v) is 2.88. The highest BCUT2D eigenvalue weighted by atomic mass is 16.6. The molecule has 0 saturated heterocycles. The van der Waals surface area contributed by atoms with Crippen molar-refractivity contribution in [2.45, 2.75) is 47.1 Å². The van der Waals surface area contributed by atoms with E-state index in [2.05, 4.69) is 18.9 Å². The number of carbonyl (C=O) groups is 1. The van der Waals surface area contributed by atoms with Crippen molar-refractivity contribution in [1.29, 1.82) is 0 Å². The largest absolute Gasteiger partial charge is 0.493 e. The number of methoxy groups -OCH3 is 1. The first-order valence-corrected chi connectivity index (χ1v) is 8.79. The second-order valence-electron chi connectivity index (χ2n) is 6.79. The molecule has 0 amide bonds. The number of rotatable bonds is 8. The van der Waals surface area contributed by atoms with E-state index in [0.717, 1.165) is 23.5 Å². The summed E-state index contributed by atoms with van der Waals surface area (Å²) in [5.41, 5.74) is 2.80. The monoisotopic (exact) mass is 375 g/mol.